The van der Waals surface area contributed by atoms with Crippen LogP contribution in [0.15, 0.2) is 36.5 Å². The average molecular weight is 240 g/mol. The van der Waals surface area contributed by atoms with E-state index in [-0.39, 0.29) is 12.0 Å². The van der Waals surface area contributed by atoms with Crippen molar-refractivity contribution in [3.05, 3.63) is 47.9 Å². The molecule has 0 aliphatic heterocycles. The summed E-state index contributed by atoms with van der Waals surface area (Å²) in [7, 11) is 0. The molecule has 1 aliphatic carbocycles. The summed E-state index contributed by atoms with van der Waals surface area (Å²) in [6.45, 7) is 2.21. The van der Waals surface area contributed by atoms with Gasteiger partial charge in [-0.1, -0.05) is 29.8 Å². The van der Waals surface area contributed by atoms with Crippen molar-refractivity contribution in [3.63, 3.8) is 0 Å². The monoisotopic (exact) mass is 240 g/mol. The first kappa shape index (κ1) is 11.4. The number of rotatable bonds is 3. The van der Waals surface area contributed by atoms with Crippen molar-refractivity contribution >= 4 is 0 Å². The van der Waals surface area contributed by atoms with E-state index in [9.17, 15) is 5.11 Å². The van der Waals surface area contributed by atoms with Crippen LogP contribution in [0.1, 0.15) is 24.2 Å². The second-order valence-electron chi connectivity index (χ2n) is 5.07. The molecule has 0 unspecified atom stereocenters. The lowest BCUT2D eigenvalue weighted by molar-refractivity contribution is 0.250. The molecule has 1 heterocycles. The topological polar surface area (TPSA) is 46.0 Å². The van der Waals surface area contributed by atoms with Crippen molar-refractivity contribution < 1.29 is 5.11 Å². The summed E-state index contributed by atoms with van der Waals surface area (Å²) in [6.07, 6.45) is 3.76. The van der Waals surface area contributed by atoms with Crippen molar-refractivity contribution in [2.45, 2.75) is 25.2 Å². The predicted molar refractivity (Wildman–Crippen MR) is 70.2 cm³/mol. The second kappa shape index (κ2) is 4.18. The van der Waals surface area contributed by atoms with Gasteiger partial charge in [-0.3, -0.25) is 0 Å². The highest BCUT2D eigenvalue weighted by Gasteiger charge is 2.46. The van der Waals surface area contributed by atoms with E-state index in [4.69, 9.17) is 0 Å². The fourth-order valence-electron chi connectivity index (χ4n) is 2.10. The summed E-state index contributed by atoms with van der Waals surface area (Å²) < 4.78 is 0. The third kappa shape index (κ3) is 1.91. The summed E-state index contributed by atoms with van der Waals surface area (Å²) in [6, 6.07) is 10.2. The minimum absolute atomic E-state index is 0.143. The van der Waals surface area contributed by atoms with E-state index in [2.05, 4.69) is 41.2 Å². The third-order valence-corrected chi connectivity index (χ3v) is 3.63. The van der Waals surface area contributed by atoms with Crippen LogP contribution in [0, 0.1) is 6.92 Å². The lowest BCUT2D eigenvalue weighted by atomic mass is 10.1. The van der Waals surface area contributed by atoms with Gasteiger partial charge in [-0.15, -0.1) is 0 Å². The number of hydrogen-bond acceptors (Lipinski definition) is 3. The molecule has 2 aromatic rings. The molecule has 0 amide bonds. The third-order valence-electron chi connectivity index (χ3n) is 3.63. The normalized spacial score (nSPS) is 16.6. The maximum Gasteiger partial charge on any atom is 0.137 e. The van der Waals surface area contributed by atoms with E-state index >= 15 is 0 Å². The fourth-order valence-corrected chi connectivity index (χ4v) is 2.10. The van der Waals surface area contributed by atoms with Crippen molar-refractivity contribution in [1.82, 2.24) is 9.97 Å². The number of aryl methyl sites for hydroxylation is 1. The van der Waals surface area contributed by atoms with Crippen LogP contribution in [0.2, 0.25) is 0 Å². The highest BCUT2D eigenvalue weighted by atomic mass is 16.3. The summed E-state index contributed by atoms with van der Waals surface area (Å²) in [5, 5.41) is 9.43. The molecule has 1 aliphatic rings. The SMILES string of the molecule is Cc1ccc(-c2ccnc(C3(CO)CC3)n2)cc1. The smallest absolute Gasteiger partial charge is 0.137 e. The first-order valence-corrected chi connectivity index (χ1v) is 6.25. The standard InChI is InChI=1S/C15H16N2O/c1-11-2-4-12(5-3-11)13-6-9-16-14(17-13)15(10-18)7-8-15/h2-6,9,18H,7-8,10H2,1H3. The molecule has 3 rings (SSSR count). The summed E-state index contributed by atoms with van der Waals surface area (Å²) >= 11 is 0. The van der Waals surface area contributed by atoms with Gasteiger partial charge in [-0.25, -0.2) is 9.97 Å². The molecule has 0 saturated heterocycles. The summed E-state index contributed by atoms with van der Waals surface area (Å²) in [5.74, 6) is 0.781. The van der Waals surface area contributed by atoms with Crippen LogP contribution in [-0.4, -0.2) is 21.7 Å². The van der Waals surface area contributed by atoms with Gasteiger partial charge in [0, 0.05) is 11.8 Å². The molecule has 1 N–H and O–H groups in total. The molecule has 0 atom stereocenters. The molecule has 1 aromatic carbocycles. The Kier molecular flexibility index (Phi) is 2.63. The van der Waals surface area contributed by atoms with Crippen molar-refractivity contribution in [1.29, 1.82) is 0 Å². The van der Waals surface area contributed by atoms with Crippen LogP contribution >= 0.6 is 0 Å². The Labute approximate surface area is 107 Å². The molecular weight excluding hydrogens is 224 g/mol. The van der Waals surface area contributed by atoms with Crippen molar-refractivity contribution in [3.8, 4) is 11.3 Å². The molecular formula is C15H16N2O. The average Bonchev–Trinajstić information content (AvgIpc) is 3.21. The van der Waals surface area contributed by atoms with E-state index in [0.29, 0.717) is 0 Å². The van der Waals surface area contributed by atoms with Crippen molar-refractivity contribution in [2.24, 2.45) is 0 Å². The van der Waals surface area contributed by atoms with Gasteiger partial charge in [-0.05, 0) is 25.8 Å². The van der Waals surface area contributed by atoms with Gasteiger partial charge >= 0.3 is 0 Å². The molecule has 0 spiro atoms. The van der Waals surface area contributed by atoms with Gasteiger partial charge in [0.25, 0.3) is 0 Å². The van der Waals surface area contributed by atoms with Crippen LogP contribution in [0.4, 0.5) is 0 Å². The Balaban J connectivity index is 1.98. The highest BCUT2D eigenvalue weighted by Crippen LogP contribution is 2.46. The van der Waals surface area contributed by atoms with E-state index in [1.807, 2.05) is 6.07 Å². The van der Waals surface area contributed by atoms with Crippen LogP contribution in [0.25, 0.3) is 11.3 Å². The van der Waals surface area contributed by atoms with Crippen LogP contribution in [-0.2, 0) is 5.41 Å². The quantitative estimate of drug-likeness (QED) is 0.896. The Morgan fingerprint density at radius 2 is 1.89 bits per heavy atom. The maximum atomic E-state index is 9.43. The summed E-state index contributed by atoms with van der Waals surface area (Å²) in [4.78, 5) is 8.92. The second-order valence-corrected chi connectivity index (χ2v) is 5.07. The lowest BCUT2D eigenvalue weighted by Crippen LogP contribution is -2.16. The molecule has 18 heavy (non-hydrogen) atoms. The van der Waals surface area contributed by atoms with E-state index in [1.165, 1.54) is 5.56 Å². The minimum atomic E-state index is -0.166. The number of nitrogens with zero attached hydrogens (tertiary/aromatic N) is 2. The molecule has 0 bridgehead atoms. The zero-order chi connectivity index (χ0) is 12.6. The first-order chi connectivity index (χ1) is 8.73. The Morgan fingerprint density at radius 1 is 1.17 bits per heavy atom. The molecule has 0 radical (unpaired) electrons. The maximum absolute atomic E-state index is 9.43. The zero-order valence-electron chi connectivity index (χ0n) is 10.4. The molecule has 1 fully saturated rings. The zero-order valence-corrected chi connectivity index (χ0v) is 10.4. The number of aliphatic hydroxyl groups excluding tert-OH is 1. The van der Waals surface area contributed by atoms with Crippen LogP contribution in [0.3, 0.4) is 0 Å². The fraction of sp³-hybridized carbons (Fsp3) is 0.333. The number of hydrogen-bond donors (Lipinski definition) is 1. The van der Waals surface area contributed by atoms with Crippen LogP contribution in [0.5, 0.6) is 0 Å². The predicted octanol–water partition coefficient (Wildman–Crippen LogP) is 2.48. The minimum Gasteiger partial charge on any atom is -0.395 e. The molecule has 92 valence electrons. The van der Waals surface area contributed by atoms with Gasteiger partial charge in [0.15, 0.2) is 0 Å². The van der Waals surface area contributed by atoms with Gasteiger partial charge < -0.3 is 5.11 Å². The Morgan fingerprint density at radius 3 is 2.50 bits per heavy atom. The molecule has 1 aromatic heterocycles. The van der Waals surface area contributed by atoms with Gasteiger partial charge in [0.2, 0.25) is 0 Å². The number of aliphatic hydroxyl groups is 1. The molecule has 1 saturated carbocycles. The van der Waals surface area contributed by atoms with Gasteiger partial charge in [-0.2, -0.15) is 0 Å². The molecule has 3 heteroatoms. The summed E-state index contributed by atoms with van der Waals surface area (Å²) in [5.41, 5.74) is 3.10. The highest BCUT2D eigenvalue weighted by molar-refractivity contribution is 5.59. The van der Waals surface area contributed by atoms with E-state index < -0.39 is 0 Å². The Bertz CT molecular complexity index is 559. The molecule has 3 nitrogen and oxygen atoms in total. The van der Waals surface area contributed by atoms with Gasteiger partial charge in [0.05, 0.1) is 17.7 Å². The number of aromatic nitrogens is 2. The van der Waals surface area contributed by atoms with Gasteiger partial charge in [0.1, 0.15) is 5.82 Å². The number of benzene rings is 1. The largest absolute Gasteiger partial charge is 0.395 e. The van der Waals surface area contributed by atoms with E-state index in [0.717, 1.165) is 29.9 Å². The lowest BCUT2D eigenvalue weighted by Gasteiger charge is -2.11. The van der Waals surface area contributed by atoms with Crippen molar-refractivity contribution in [2.75, 3.05) is 6.61 Å². The Hall–Kier alpha value is -1.74. The van der Waals surface area contributed by atoms with Crippen LogP contribution < -0.4 is 0 Å². The first-order valence-electron chi connectivity index (χ1n) is 6.25. The van der Waals surface area contributed by atoms with E-state index in [1.54, 1.807) is 6.20 Å².